The van der Waals surface area contributed by atoms with Gasteiger partial charge in [-0.25, -0.2) is 0 Å². The van der Waals surface area contributed by atoms with Crippen LogP contribution in [0.5, 0.6) is 0 Å². The first-order valence-electron chi connectivity index (χ1n) is 5.81. The van der Waals surface area contributed by atoms with Gasteiger partial charge in [0.1, 0.15) is 0 Å². The molecule has 0 amide bonds. The van der Waals surface area contributed by atoms with E-state index in [9.17, 15) is 18.3 Å². The summed E-state index contributed by atoms with van der Waals surface area (Å²) in [6, 6.07) is 0. The lowest BCUT2D eigenvalue weighted by Crippen LogP contribution is -2.44. The van der Waals surface area contributed by atoms with E-state index in [0.29, 0.717) is 13.0 Å². The first kappa shape index (κ1) is 14.2. The summed E-state index contributed by atoms with van der Waals surface area (Å²) < 4.78 is 41.3. The van der Waals surface area contributed by atoms with E-state index in [-0.39, 0.29) is 31.5 Å². The Hall–Kier alpha value is -1.19. The molecule has 6 nitrogen and oxygen atoms in total. The zero-order valence-electron chi connectivity index (χ0n) is 9.97. The summed E-state index contributed by atoms with van der Waals surface area (Å²) in [5.74, 6) is -1.63. The molecule has 19 heavy (non-hydrogen) atoms. The van der Waals surface area contributed by atoms with Gasteiger partial charge in [-0.2, -0.15) is 18.2 Å². The van der Waals surface area contributed by atoms with Gasteiger partial charge >= 0.3 is 6.18 Å². The van der Waals surface area contributed by atoms with E-state index in [0.717, 1.165) is 0 Å². The second kappa shape index (κ2) is 5.43. The zero-order valence-corrected chi connectivity index (χ0v) is 9.97. The summed E-state index contributed by atoms with van der Waals surface area (Å²) in [5, 5.41) is 21.6. The van der Waals surface area contributed by atoms with Gasteiger partial charge in [0.15, 0.2) is 0 Å². The molecule has 2 rings (SSSR count). The van der Waals surface area contributed by atoms with Crippen LogP contribution in [0.1, 0.15) is 18.1 Å². The van der Waals surface area contributed by atoms with Crippen LogP contribution in [0.4, 0.5) is 13.2 Å². The number of halogens is 3. The van der Waals surface area contributed by atoms with Gasteiger partial charge in [-0.3, -0.25) is 4.90 Å². The van der Waals surface area contributed by atoms with Crippen molar-refractivity contribution in [2.24, 2.45) is 5.92 Å². The van der Waals surface area contributed by atoms with Crippen LogP contribution >= 0.6 is 0 Å². The number of piperidine rings is 1. The number of hydrogen-bond donors (Lipinski definition) is 2. The third kappa shape index (κ3) is 3.43. The summed E-state index contributed by atoms with van der Waals surface area (Å²) in [6.45, 7) is 0.757. The summed E-state index contributed by atoms with van der Waals surface area (Å²) >= 11 is 0. The van der Waals surface area contributed by atoms with Crippen LogP contribution in [0.2, 0.25) is 0 Å². The van der Waals surface area contributed by atoms with E-state index in [2.05, 4.69) is 14.7 Å². The van der Waals surface area contributed by atoms with Crippen molar-refractivity contribution in [3.63, 3.8) is 0 Å². The summed E-state index contributed by atoms with van der Waals surface area (Å²) in [4.78, 5) is 4.98. The number of alkyl halides is 3. The molecule has 0 saturated carbocycles. The Morgan fingerprint density at radius 1 is 1.42 bits per heavy atom. The second-order valence-corrected chi connectivity index (χ2v) is 4.54. The predicted molar refractivity (Wildman–Crippen MR) is 55.8 cm³/mol. The molecule has 1 aliphatic heterocycles. The zero-order chi connectivity index (χ0) is 14.0. The maximum Gasteiger partial charge on any atom is 0.455 e. The minimum Gasteiger partial charge on any atom is -0.396 e. The molecular weight excluding hydrogens is 267 g/mol. The highest BCUT2D eigenvalue weighted by molar-refractivity contribution is 4.91. The lowest BCUT2D eigenvalue weighted by molar-refractivity contribution is -0.146. The van der Waals surface area contributed by atoms with Crippen LogP contribution < -0.4 is 0 Å². The molecule has 2 atom stereocenters. The fraction of sp³-hybridized carbons (Fsp3) is 0.800. The largest absolute Gasteiger partial charge is 0.455 e. The van der Waals surface area contributed by atoms with Crippen LogP contribution in [-0.2, 0) is 12.7 Å². The average molecular weight is 281 g/mol. The molecule has 1 saturated heterocycles. The van der Waals surface area contributed by atoms with Gasteiger partial charge in [0.05, 0.1) is 12.6 Å². The van der Waals surface area contributed by atoms with Crippen molar-refractivity contribution in [3.05, 3.63) is 11.7 Å². The lowest BCUT2D eigenvalue weighted by Gasteiger charge is -2.34. The number of aliphatic hydroxyl groups is 2. The van der Waals surface area contributed by atoms with Crippen LogP contribution in [-0.4, -0.2) is 51.1 Å². The summed E-state index contributed by atoms with van der Waals surface area (Å²) in [6.07, 6.45) is -4.76. The Labute approximate surface area is 106 Å². The molecule has 0 unspecified atom stereocenters. The van der Waals surface area contributed by atoms with Crippen molar-refractivity contribution < 1.29 is 27.9 Å². The topological polar surface area (TPSA) is 82.6 Å². The van der Waals surface area contributed by atoms with Gasteiger partial charge in [0, 0.05) is 19.1 Å². The number of hydrogen-bond acceptors (Lipinski definition) is 6. The van der Waals surface area contributed by atoms with Gasteiger partial charge in [0.2, 0.25) is 5.89 Å². The molecule has 1 aromatic heterocycles. The molecule has 2 N–H and O–H groups in total. The van der Waals surface area contributed by atoms with Crippen molar-refractivity contribution in [1.29, 1.82) is 0 Å². The van der Waals surface area contributed by atoms with Crippen LogP contribution in [0.25, 0.3) is 0 Å². The first-order valence-corrected chi connectivity index (χ1v) is 5.81. The maximum absolute atomic E-state index is 12.3. The monoisotopic (exact) mass is 281 g/mol. The van der Waals surface area contributed by atoms with E-state index in [1.54, 1.807) is 4.90 Å². The van der Waals surface area contributed by atoms with E-state index in [1.807, 2.05) is 0 Å². The fourth-order valence-corrected chi connectivity index (χ4v) is 2.03. The van der Waals surface area contributed by atoms with Crippen LogP contribution in [0, 0.1) is 5.92 Å². The van der Waals surface area contributed by atoms with Crippen molar-refractivity contribution >= 4 is 0 Å². The molecular formula is C10H14F3N3O3. The SMILES string of the molecule is OC[C@H]1CCN(Cc2nc(C(F)(F)F)no2)C[C@H]1O. The molecule has 1 fully saturated rings. The number of rotatable bonds is 3. The molecule has 2 heterocycles. The molecule has 1 aliphatic rings. The maximum atomic E-state index is 12.3. The number of nitrogens with zero attached hydrogens (tertiary/aromatic N) is 3. The van der Waals surface area contributed by atoms with Gasteiger partial charge in [-0.15, -0.1) is 0 Å². The van der Waals surface area contributed by atoms with E-state index >= 15 is 0 Å². The highest BCUT2D eigenvalue weighted by Crippen LogP contribution is 2.26. The van der Waals surface area contributed by atoms with Crippen molar-refractivity contribution in [2.75, 3.05) is 19.7 Å². The standard InChI is InChI=1S/C10H14F3N3O3/c11-10(12,13)9-14-8(19-15-9)4-16-2-1-6(5-17)7(18)3-16/h6-7,17-18H,1-5H2/t6-,7-/m1/s1. The first-order chi connectivity index (χ1) is 8.90. The third-order valence-corrected chi connectivity index (χ3v) is 3.12. The molecule has 1 aromatic rings. The van der Waals surface area contributed by atoms with Gasteiger partial charge in [0.25, 0.3) is 5.82 Å². The highest BCUT2D eigenvalue weighted by atomic mass is 19.4. The van der Waals surface area contributed by atoms with Crippen LogP contribution in [0.3, 0.4) is 0 Å². The minimum atomic E-state index is -4.62. The fourth-order valence-electron chi connectivity index (χ4n) is 2.03. The number of likely N-dealkylation sites (tertiary alicyclic amines) is 1. The molecule has 0 bridgehead atoms. The second-order valence-electron chi connectivity index (χ2n) is 4.54. The molecule has 0 radical (unpaired) electrons. The Bertz CT molecular complexity index is 424. The molecule has 9 heteroatoms. The molecule has 0 spiro atoms. The predicted octanol–water partition coefficient (Wildman–Crippen LogP) is 0.264. The number of β-amino-alcohol motifs (C(OH)–C–C–N with tert-alkyl or cyclic N) is 1. The molecule has 108 valence electrons. The normalized spacial score (nSPS) is 25.7. The van der Waals surface area contributed by atoms with Crippen molar-refractivity contribution in [2.45, 2.75) is 25.2 Å². The average Bonchev–Trinajstić information content (AvgIpc) is 2.77. The third-order valence-electron chi connectivity index (χ3n) is 3.12. The highest BCUT2D eigenvalue weighted by Gasteiger charge is 2.37. The van der Waals surface area contributed by atoms with Gasteiger partial charge < -0.3 is 14.7 Å². The van der Waals surface area contributed by atoms with Gasteiger partial charge in [-0.1, -0.05) is 5.16 Å². The minimum absolute atomic E-state index is 0.0539. The Balaban J connectivity index is 1.93. The molecule has 0 aromatic carbocycles. The summed E-state index contributed by atoms with van der Waals surface area (Å²) in [7, 11) is 0. The summed E-state index contributed by atoms with van der Waals surface area (Å²) in [5.41, 5.74) is 0. The quantitative estimate of drug-likeness (QED) is 0.827. The molecule has 0 aliphatic carbocycles. The lowest BCUT2D eigenvalue weighted by atomic mass is 9.95. The van der Waals surface area contributed by atoms with Crippen molar-refractivity contribution in [1.82, 2.24) is 15.0 Å². The Morgan fingerprint density at radius 3 is 2.68 bits per heavy atom. The van der Waals surface area contributed by atoms with E-state index in [1.165, 1.54) is 0 Å². The smallest absolute Gasteiger partial charge is 0.396 e. The van der Waals surface area contributed by atoms with E-state index < -0.39 is 18.1 Å². The van der Waals surface area contributed by atoms with Gasteiger partial charge in [-0.05, 0) is 13.0 Å². The Morgan fingerprint density at radius 2 is 2.16 bits per heavy atom. The number of aromatic nitrogens is 2. The van der Waals surface area contributed by atoms with Crippen molar-refractivity contribution in [3.8, 4) is 0 Å². The number of aliphatic hydroxyl groups excluding tert-OH is 2. The Kier molecular flexibility index (Phi) is 4.07. The van der Waals surface area contributed by atoms with Crippen LogP contribution in [0.15, 0.2) is 4.52 Å². The van der Waals surface area contributed by atoms with E-state index in [4.69, 9.17) is 5.11 Å².